The average Bonchev–Trinajstić information content (AvgIpc) is 3.37. The first kappa shape index (κ1) is 16.0. The SMILES string of the molecule is CC1CCCCC1NC(=O)COC(=O)C1(c2ccccc2)CC1. The number of hydrogen-bond acceptors (Lipinski definition) is 3. The quantitative estimate of drug-likeness (QED) is 0.850. The summed E-state index contributed by atoms with van der Waals surface area (Å²) in [7, 11) is 0. The normalized spacial score (nSPS) is 25.4. The lowest BCUT2D eigenvalue weighted by Crippen LogP contribution is -2.43. The first-order valence-electron chi connectivity index (χ1n) is 8.64. The van der Waals surface area contributed by atoms with E-state index in [0.717, 1.165) is 37.7 Å². The minimum atomic E-state index is -0.514. The van der Waals surface area contributed by atoms with Crippen LogP contribution in [0.15, 0.2) is 30.3 Å². The molecule has 2 unspecified atom stereocenters. The second kappa shape index (κ2) is 6.73. The summed E-state index contributed by atoms with van der Waals surface area (Å²) in [6.07, 6.45) is 6.18. The summed E-state index contributed by atoms with van der Waals surface area (Å²) in [6.45, 7) is 2.00. The highest BCUT2D eigenvalue weighted by Gasteiger charge is 2.52. The molecule has 2 aliphatic rings. The molecule has 0 aliphatic heterocycles. The fraction of sp³-hybridized carbons (Fsp3) is 0.579. The molecule has 0 bridgehead atoms. The van der Waals surface area contributed by atoms with Crippen molar-refractivity contribution in [1.29, 1.82) is 0 Å². The molecule has 1 aromatic carbocycles. The third-order valence-electron chi connectivity index (χ3n) is 5.26. The van der Waals surface area contributed by atoms with Crippen molar-refractivity contribution < 1.29 is 14.3 Å². The number of benzene rings is 1. The van der Waals surface area contributed by atoms with Crippen LogP contribution in [0.25, 0.3) is 0 Å². The Balaban J connectivity index is 1.50. The largest absolute Gasteiger partial charge is 0.455 e. The Bertz CT molecular complexity index is 565. The second-order valence-corrected chi connectivity index (χ2v) is 6.96. The van der Waals surface area contributed by atoms with Crippen molar-refractivity contribution in [3.8, 4) is 0 Å². The van der Waals surface area contributed by atoms with Gasteiger partial charge in [0.05, 0.1) is 5.41 Å². The molecule has 2 atom stereocenters. The zero-order valence-corrected chi connectivity index (χ0v) is 13.7. The van der Waals surface area contributed by atoms with Crippen LogP contribution >= 0.6 is 0 Å². The van der Waals surface area contributed by atoms with Crippen molar-refractivity contribution in [2.75, 3.05) is 6.61 Å². The van der Waals surface area contributed by atoms with E-state index in [2.05, 4.69) is 12.2 Å². The maximum Gasteiger partial charge on any atom is 0.317 e. The van der Waals surface area contributed by atoms with Gasteiger partial charge < -0.3 is 10.1 Å². The molecule has 0 aromatic heterocycles. The number of esters is 1. The predicted octanol–water partition coefficient (Wildman–Crippen LogP) is 2.96. The van der Waals surface area contributed by atoms with E-state index in [1.54, 1.807) is 0 Å². The summed E-state index contributed by atoms with van der Waals surface area (Å²) in [4.78, 5) is 24.4. The minimum absolute atomic E-state index is 0.170. The van der Waals surface area contributed by atoms with E-state index in [-0.39, 0.29) is 24.5 Å². The van der Waals surface area contributed by atoms with Gasteiger partial charge in [0.15, 0.2) is 6.61 Å². The van der Waals surface area contributed by atoms with Crippen LogP contribution in [-0.4, -0.2) is 24.5 Å². The molecule has 2 aliphatic carbocycles. The average molecular weight is 315 g/mol. The summed E-state index contributed by atoms with van der Waals surface area (Å²) >= 11 is 0. The summed E-state index contributed by atoms with van der Waals surface area (Å²) in [6, 6.07) is 9.93. The summed E-state index contributed by atoms with van der Waals surface area (Å²) in [5.74, 6) is 0.0546. The fourth-order valence-electron chi connectivity index (χ4n) is 3.54. The van der Waals surface area contributed by atoms with Gasteiger partial charge in [0, 0.05) is 6.04 Å². The van der Waals surface area contributed by atoms with E-state index in [1.165, 1.54) is 6.42 Å². The molecule has 3 rings (SSSR count). The lowest BCUT2D eigenvalue weighted by Gasteiger charge is -2.29. The van der Waals surface area contributed by atoms with Gasteiger partial charge in [0.2, 0.25) is 0 Å². The first-order chi connectivity index (χ1) is 11.1. The van der Waals surface area contributed by atoms with E-state index in [9.17, 15) is 9.59 Å². The highest BCUT2D eigenvalue weighted by Crippen LogP contribution is 2.49. The molecule has 4 heteroatoms. The van der Waals surface area contributed by atoms with Crippen LogP contribution in [0.2, 0.25) is 0 Å². The van der Waals surface area contributed by atoms with Crippen molar-refractivity contribution in [2.24, 2.45) is 5.92 Å². The zero-order chi connectivity index (χ0) is 16.3. The molecule has 1 amide bonds. The maximum absolute atomic E-state index is 12.4. The van der Waals surface area contributed by atoms with Gasteiger partial charge in [0.25, 0.3) is 5.91 Å². The van der Waals surface area contributed by atoms with Gasteiger partial charge in [-0.05, 0) is 37.2 Å². The maximum atomic E-state index is 12.4. The highest BCUT2D eigenvalue weighted by molar-refractivity contribution is 5.89. The second-order valence-electron chi connectivity index (χ2n) is 6.96. The number of ether oxygens (including phenoxy) is 1. The van der Waals surface area contributed by atoms with E-state index in [1.807, 2.05) is 30.3 Å². The Morgan fingerprint density at radius 3 is 2.52 bits per heavy atom. The Morgan fingerprint density at radius 2 is 1.87 bits per heavy atom. The number of carbonyl (C=O) groups excluding carboxylic acids is 2. The molecular formula is C19H25NO3. The van der Waals surface area contributed by atoms with E-state index < -0.39 is 5.41 Å². The van der Waals surface area contributed by atoms with Gasteiger partial charge in [-0.25, -0.2) is 0 Å². The van der Waals surface area contributed by atoms with Crippen molar-refractivity contribution in [3.63, 3.8) is 0 Å². The third kappa shape index (κ3) is 3.57. The molecule has 2 fully saturated rings. The van der Waals surface area contributed by atoms with Crippen molar-refractivity contribution in [2.45, 2.75) is 56.9 Å². The molecule has 0 saturated heterocycles. The topological polar surface area (TPSA) is 55.4 Å². The van der Waals surface area contributed by atoms with Crippen LogP contribution in [-0.2, 0) is 19.7 Å². The van der Waals surface area contributed by atoms with Gasteiger partial charge in [-0.15, -0.1) is 0 Å². The van der Waals surface area contributed by atoms with Crippen molar-refractivity contribution in [1.82, 2.24) is 5.32 Å². The van der Waals surface area contributed by atoms with Gasteiger partial charge in [-0.3, -0.25) is 9.59 Å². The van der Waals surface area contributed by atoms with Crippen molar-refractivity contribution >= 4 is 11.9 Å². The Morgan fingerprint density at radius 1 is 1.17 bits per heavy atom. The predicted molar refractivity (Wildman–Crippen MR) is 87.9 cm³/mol. The smallest absolute Gasteiger partial charge is 0.317 e. The van der Waals surface area contributed by atoms with Crippen LogP contribution in [0, 0.1) is 5.92 Å². The number of hydrogen-bond donors (Lipinski definition) is 1. The monoisotopic (exact) mass is 315 g/mol. The van der Waals surface area contributed by atoms with Crippen LogP contribution in [0.4, 0.5) is 0 Å². The summed E-state index contributed by atoms with van der Waals surface area (Å²) in [5.41, 5.74) is 0.478. The highest BCUT2D eigenvalue weighted by atomic mass is 16.5. The molecule has 2 saturated carbocycles. The zero-order valence-electron chi connectivity index (χ0n) is 13.7. The fourth-order valence-corrected chi connectivity index (χ4v) is 3.54. The summed E-state index contributed by atoms with van der Waals surface area (Å²) < 4.78 is 5.31. The lowest BCUT2D eigenvalue weighted by atomic mass is 9.86. The van der Waals surface area contributed by atoms with E-state index in [4.69, 9.17) is 4.74 Å². The molecule has 1 N–H and O–H groups in total. The Labute approximate surface area is 137 Å². The molecule has 0 radical (unpaired) electrons. The van der Waals surface area contributed by atoms with Gasteiger partial charge in [0.1, 0.15) is 0 Å². The Hall–Kier alpha value is -1.84. The molecular weight excluding hydrogens is 290 g/mol. The molecule has 0 spiro atoms. The third-order valence-corrected chi connectivity index (χ3v) is 5.26. The van der Waals surface area contributed by atoms with Gasteiger partial charge >= 0.3 is 5.97 Å². The number of rotatable bonds is 5. The molecule has 23 heavy (non-hydrogen) atoms. The van der Waals surface area contributed by atoms with Crippen LogP contribution in [0.5, 0.6) is 0 Å². The van der Waals surface area contributed by atoms with Crippen LogP contribution in [0.1, 0.15) is 51.0 Å². The summed E-state index contributed by atoms with van der Waals surface area (Å²) in [5, 5.41) is 3.02. The van der Waals surface area contributed by atoms with Gasteiger partial charge in [-0.2, -0.15) is 0 Å². The molecule has 1 aromatic rings. The molecule has 4 nitrogen and oxygen atoms in total. The van der Waals surface area contributed by atoms with Crippen LogP contribution in [0.3, 0.4) is 0 Å². The number of nitrogens with one attached hydrogen (secondary N) is 1. The van der Waals surface area contributed by atoms with E-state index >= 15 is 0 Å². The minimum Gasteiger partial charge on any atom is -0.455 e. The standard InChI is InChI=1S/C19H25NO3/c1-14-7-5-6-10-16(14)20-17(21)13-23-18(22)19(11-12-19)15-8-3-2-4-9-15/h2-4,8-9,14,16H,5-7,10-13H2,1H3,(H,20,21). The first-order valence-corrected chi connectivity index (χ1v) is 8.64. The van der Waals surface area contributed by atoms with Crippen LogP contribution < -0.4 is 5.32 Å². The Kier molecular flexibility index (Phi) is 4.69. The number of carbonyl (C=O) groups is 2. The van der Waals surface area contributed by atoms with E-state index in [0.29, 0.717) is 5.92 Å². The number of amides is 1. The lowest BCUT2D eigenvalue weighted by molar-refractivity contribution is -0.151. The van der Waals surface area contributed by atoms with Gasteiger partial charge in [-0.1, -0.05) is 50.1 Å². The molecule has 124 valence electrons. The van der Waals surface area contributed by atoms with Crippen molar-refractivity contribution in [3.05, 3.63) is 35.9 Å². The molecule has 0 heterocycles.